The van der Waals surface area contributed by atoms with Crippen LogP contribution in [0.3, 0.4) is 0 Å². The molecule has 0 bridgehead atoms. The first-order valence-electron chi connectivity index (χ1n) is 2.67. The van der Waals surface area contributed by atoms with Gasteiger partial charge in [0.1, 0.15) is 0 Å². The van der Waals surface area contributed by atoms with Crippen LogP contribution in [0.25, 0.3) is 0 Å². The van der Waals surface area contributed by atoms with Gasteiger partial charge in [-0.25, -0.2) is 0 Å². The van der Waals surface area contributed by atoms with E-state index in [1.54, 1.807) is 0 Å². The van der Waals surface area contributed by atoms with E-state index in [9.17, 15) is 0 Å². The Hall–Kier alpha value is 1.18. The summed E-state index contributed by atoms with van der Waals surface area (Å²) in [4.78, 5) is 0. The molecule has 0 aromatic carbocycles. The molecule has 0 aliphatic carbocycles. The number of hydrogen-bond donors (Lipinski definition) is 0. The van der Waals surface area contributed by atoms with Gasteiger partial charge in [0.25, 0.3) is 0 Å². The van der Waals surface area contributed by atoms with Crippen LogP contribution in [0.15, 0.2) is 0 Å². The van der Waals surface area contributed by atoms with Crippen molar-refractivity contribution in [3.05, 3.63) is 0 Å². The van der Waals surface area contributed by atoms with E-state index in [2.05, 4.69) is 0 Å². The fourth-order valence-corrected chi connectivity index (χ4v) is 0. The van der Waals surface area contributed by atoms with Crippen molar-refractivity contribution in [3.63, 3.8) is 0 Å². The van der Waals surface area contributed by atoms with Crippen molar-refractivity contribution in [2.45, 2.75) is 0 Å². The molecule has 0 spiro atoms. The van der Waals surface area contributed by atoms with Gasteiger partial charge in [0.05, 0.1) is 0 Å². The quantitative estimate of drug-likeness (QED) is 0.170. The van der Waals surface area contributed by atoms with Crippen molar-refractivity contribution in [2.24, 2.45) is 0 Å². The Morgan fingerprint density at radius 2 is 0.391 bits per heavy atom. The van der Waals surface area contributed by atoms with Crippen LogP contribution in [-0.2, 0) is 77.2 Å². The zero-order valence-electron chi connectivity index (χ0n) is 9.97. The first kappa shape index (κ1) is 44.0. The summed E-state index contributed by atoms with van der Waals surface area (Å²) >= 11 is 0. The molecule has 0 saturated heterocycles. The Kier molecular flexibility index (Phi) is 34.4. The van der Waals surface area contributed by atoms with E-state index in [4.69, 9.17) is 70.1 Å². The summed E-state index contributed by atoms with van der Waals surface area (Å²) in [6.07, 6.45) is 0. The van der Waals surface area contributed by atoms with Crippen molar-refractivity contribution < 1.29 is 125 Å². The summed E-state index contributed by atoms with van der Waals surface area (Å²) in [6.45, 7) is 0. The monoisotopic (exact) mass is 498 g/mol. The summed E-state index contributed by atoms with van der Waals surface area (Å²) in [5, 5.41) is 0. The molecule has 0 aliphatic heterocycles. The van der Waals surface area contributed by atoms with E-state index >= 15 is 0 Å². The molecule has 0 aliphatic rings. The third kappa shape index (κ3) is 7450. The molecule has 0 amide bonds. The van der Waals surface area contributed by atoms with E-state index in [0.717, 1.165) is 0 Å². The maximum absolute atomic E-state index is 8.52. The SMILES string of the molecule is O=S(=O)([O-])[O-].O=S(=O)([O-])[O-].O=S(=O)([O-])[O-].O=S(=O)([O-])[O-].[Fe+2].[Li+].[V]. The minimum Gasteiger partial charge on any atom is -0.759 e. The van der Waals surface area contributed by atoms with E-state index in [1.807, 2.05) is 0 Å². The standard InChI is InChI=1S/Fe.Li.4H2O4S.V/c;;4*1-5(2,3)4;/h;;4*(H2,1,2,3,4);/q+2;+1;;;;;/p-8. The van der Waals surface area contributed by atoms with Gasteiger partial charge in [-0.15, -0.1) is 0 Å². The molecule has 0 N–H and O–H groups in total. The third-order valence-electron chi connectivity index (χ3n) is 0. The first-order valence-corrected chi connectivity index (χ1v) is 8.00. The molecule has 23 heteroatoms. The summed E-state index contributed by atoms with van der Waals surface area (Å²) < 4.78 is 136. The van der Waals surface area contributed by atoms with Crippen molar-refractivity contribution in [1.29, 1.82) is 0 Å². The Morgan fingerprint density at radius 3 is 0.391 bits per heavy atom. The van der Waals surface area contributed by atoms with Crippen LogP contribution in [-0.4, -0.2) is 70.1 Å². The molecule has 0 heterocycles. The van der Waals surface area contributed by atoms with Gasteiger partial charge in [-0.05, 0) is 0 Å². The second-order valence-corrected chi connectivity index (χ2v) is 4.90. The normalized spacial score (nSPS) is 10.1. The van der Waals surface area contributed by atoms with Crippen LogP contribution < -0.4 is 18.9 Å². The van der Waals surface area contributed by atoms with E-state index in [1.165, 1.54) is 0 Å². The predicted octanol–water partition coefficient (Wildman–Crippen LogP) is -8.35. The van der Waals surface area contributed by atoms with Gasteiger partial charge in [-0.2, -0.15) is 0 Å². The van der Waals surface area contributed by atoms with Gasteiger partial charge in [0.2, 0.25) is 0 Å². The minimum absolute atomic E-state index is 0. The van der Waals surface area contributed by atoms with Crippen LogP contribution >= 0.6 is 0 Å². The predicted molar refractivity (Wildman–Crippen MR) is 41.9 cm³/mol. The van der Waals surface area contributed by atoms with Crippen LogP contribution in [0.5, 0.6) is 0 Å². The summed E-state index contributed by atoms with van der Waals surface area (Å²) in [5.41, 5.74) is 0. The van der Waals surface area contributed by atoms with Crippen LogP contribution in [0.1, 0.15) is 0 Å². The average Bonchev–Trinajstić information content (AvgIpc) is 1.62. The molecule has 23 heavy (non-hydrogen) atoms. The maximum Gasteiger partial charge on any atom is 2.00 e. The third-order valence-corrected chi connectivity index (χ3v) is 0. The number of rotatable bonds is 0. The average molecular weight is 498 g/mol. The smallest absolute Gasteiger partial charge is 0.759 e. The summed E-state index contributed by atoms with van der Waals surface area (Å²) in [6, 6.07) is 0. The van der Waals surface area contributed by atoms with Crippen molar-refractivity contribution in [3.8, 4) is 0 Å². The van der Waals surface area contributed by atoms with Crippen LogP contribution in [0, 0.1) is 0 Å². The maximum atomic E-state index is 8.52. The second kappa shape index (κ2) is 18.0. The Bertz CT molecular complexity index is 485. The van der Waals surface area contributed by atoms with Crippen molar-refractivity contribution in [2.75, 3.05) is 0 Å². The Labute approximate surface area is 165 Å². The zero-order valence-corrected chi connectivity index (χ0v) is 15.7. The molecular formula is FeLiO16S4V-5. The Balaban J connectivity index is -0.0000000284. The molecule has 16 nitrogen and oxygen atoms in total. The van der Waals surface area contributed by atoms with Gasteiger partial charge in [-0.3, -0.25) is 33.7 Å². The fraction of sp³-hybridized carbons (Fsp3) is 0. The van der Waals surface area contributed by atoms with Crippen molar-refractivity contribution >= 4 is 41.6 Å². The molecule has 0 atom stereocenters. The molecule has 0 rings (SSSR count). The minimum atomic E-state index is -5.17. The van der Waals surface area contributed by atoms with Gasteiger partial charge in [-0.1, -0.05) is 0 Å². The van der Waals surface area contributed by atoms with Crippen LogP contribution in [0.4, 0.5) is 0 Å². The van der Waals surface area contributed by atoms with Crippen molar-refractivity contribution in [1.82, 2.24) is 0 Å². The molecule has 0 aromatic rings. The molecular weight excluding hydrogens is 498 g/mol. The van der Waals surface area contributed by atoms with Crippen LogP contribution in [0.2, 0.25) is 0 Å². The van der Waals surface area contributed by atoms with E-state index < -0.39 is 41.6 Å². The molecule has 0 saturated carbocycles. The van der Waals surface area contributed by atoms with E-state index in [-0.39, 0.29) is 54.5 Å². The van der Waals surface area contributed by atoms with Gasteiger partial charge in [0, 0.05) is 60.2 Å². The zero-order chi connectivity index (χ0) is 18.0. The molecule has 0 unspecified atom stereocenters. The second-order valence-electron chi connectivity index (χ2n) is 1.63. The Morgan fingerprint density at radius 1 is 0.391 bits per heavy atom. The fourth-order valence-electron chi connectivity index (χ4n) is 0. The molecule has 0 aromatic heterocycles. The topological polar surface area (TPSA) is 321 Å². The summed E-state index contributed by atoms with van der Waals surface area (Å²) in [7, 11) is -20.7. The number of hydrogen-bond acceptors (Lipinski definition) is 16. The summed E-state index contributed by atoms with van der Waals surface area (Å²) in [5.74, 6) is 0. The van der Waals surface area contributed by atoms with E-state index in [0.29, 0.717) is 0 Å². The van der Waals surface area contributed by atoms with Gasteiger partial charge < -0.3 is 36.4 Å². The first-order chi connectivity index (χ1) is 8.00. The van der Waals surface area contributed by atoms with Gasteiger partial charge >= 0.3 is 35.9 Å². The largest absolute Gasteiger partial charge is 2.00 e. The molecule has 1 radical (unpaired) electrons. The molecule has 0 fully saturated rings. The van der Waals surface area contributed by atoms with Gasteiger partial charge in [0.15, 0.2) is 0 Å². The molecule has 139 valence electrons.